The predicted molar refractivity (Wildman–Crippen MR) is 93.0 cm³/mol. The molecule has 25 heavy (non-hydrogen) atoms. The maximum Gasteiger partial charge on any atom is 0.255 e. The summed E-state index contributed by atoms with van der Waals surface area (Å²) in [6.45, 7) is 3.29. The summed E-state index contributed by atoms with van der Waals surface area (Å²) in [4.78, 5) is 31.8. The lowest BCUT2D eigenvalue weighted by atomic mass is 10.1. The molecule has 2 heterocycles. The van der Waals surface area contributed by atoms with Crippen LogP contribution in [-0.2, 0) is 0 Å². The van der Waals surface area contributed by atoms with Crippen molar-refractivity contribution < 1.29 is 19.2 Å². The smallest absolute Gasteiger partial charge is 0.255 e. The molecule has 1 fully saturated rings. The van der Waals surface area contributed by atoms with Gasteiger partial charge in [0.15, 0.2) is 0 Å². The van der Waals surface area contributed by atoms with E-state index in [1.165, 1.54) is 4.90 Å². The highest BCUT2D eigenvalue weighted by atomic mass is 16.5. The molecule has 0 atom stereocenters. The van der Waals surface area contributed by atoms with Crippen molar-refractivity contribution in [2.45, 2.75) is 0 Å². The van der Waals surface area contributed by atoms with Gasteiger partial charge in [-0.15, -0.1) is 0 Å². The lowest BCUT2D eigenvalue weighted by Crippen LogP contribution is -3.15. The Morgan fingerprint density at radius 1 is 1.12 bits per heavy atom. The first-order valence-electron chi connectivity index (χ1n) is 8.37. The van der Waals surface area contributed by atoms with E-state index in [9.17, 15) is 9.59 Å². The number of rotatable bonds is 5. The number of hydrogen-bond acceptors (Lipinski definition) is 4. The molecular formula is C19H22N3O3+. The molecule has 0 saturated carbocycles. The van der Waals surface area contributed by atoms with E-state index in [-0.39, 0.29) is 11.7 Å². The summed E-state index contributed by atoms with van der Waals surface area (Å²) in [5.74, 6) is 0.866. The minimum absolute atomic E-state index is 0.00799. The van der Waals surface area contributed by atoms with Crippen molar-refractivity contribution in [3.8, 4) is 5.75 Å². The van der Waals surface area contributed by atoms with E-state index in [0.29, 0.717) is 30.8 Å². The van der Waals surface area contributed by atoms with Crippen LogP contribution in [0.2, 0.25) is 0 Å². The van der Waals surface area contributed by atoms with Gasteiger partial charge in [-0.1, -0.05) is 0 Å². The number of carbonyl (C=O) groups is 2. The van der Waals surface area contributed by atoms with E-state index in [4.69, 9.17) is 4.74 Å². The van der Waals surface area contributed by atoms with Crippen molar-refractivity contribution >= 4 is 11.7 Å². The number of amides is 1. The van der Waals surface area contributed by atoms with Gasteiger partial charge in [0, 0.05) is 18.0 Å². The number of quaternary nitrogens is 1. The van der Waals surface area contributed by atoms with Crippen LogP contribution in [0.25, 0.3) is 0 Å². The number of piperazine rings is 1. The number of pyridine rings is 1. The minimum atomic E-state index is 0.00799. The summed E-state index contributed by atoms with van der Waals surface area (Å²) in [6, 6.07) is 10.7. The number of ketones is 1. The first kappa shape index (κ1) is 17.1. The summed E-state index contributed by atoms with van der Waals surface area (Å²) in [6.07, 6.45) is 3.25. The molecule has 1 aromatic carbocycles. The van der Waals surface area contributed by atoms with Gasteiger partial charge in [-0.3, -0.25) is 14.6 Å². The van der Waals surface area contributed by atoms with Gasteiger partial charge in [0.1, 0.15) is 12.3 Å². The van der Waals surface area contributed by atoms with E-state index in [1.807, 2.05) is 4.90 Å². The molecule has 0 unspecified atom stereocenters. The van der Waals surface area contributed by atoms with Crippen LogP contribution in [0.4, 0.5) is 0 Å². The molecule has 6 heteroatoms. The highest BCUT2D eigenvalue weighted by Gasteiger charge is 2.26. The quantitative estimate of drug-likeness (QED) is 0.796. The number of methoxy groups -OCH3 is 1. The van der Waals surface area contributed by atoms with E-state index in [0.717, 1.165) is 18.8 Å². The molecule has 3 rings (SSSR count). The van der Waals surface area contributed by atoms with Crippen LogP contribution in [-0.4, -0.2) is 61.4 Å². The zero-order valence-electron chi connectivity index (χ0n) is 14.3. The van der Waals surface area contributed by atoms with Gasteiger partial charge < -0.3 is 14.5 Å². The fourth-order valence-electron chi connectivity index (χ4n) is 2.98. The van der Waals surface area contributed by atoms with Gasteiger partial charge in [0.25, 0.3) is 5.91 Å². The minimum Gasteiger partial charge on any atom is -0.497 e. The van der Waals surface area contributed by atoms with Crippen LogP contribution >= 0.6 is 0 Å². The van der Waals surface area contributed by atoms with Gasteiger partial charge in [-0.25, -0.2) is 0 Å². The normalized spacial score (nSPS) is 15.0. The van der Waals surface area contributed by atoms with E-state index in [2.05, 4.69) is 4.98 Å². The summed E-state index contributed by atoms with van der Waals surface area (Å²) in [5, 5.41) is 0. The van der Waals surface area contributed by atoms with Gasteiger partial charge in [-0.2, -0.15) is 0 Å². The number of benzene rings is 1. The van der Waals surface area contributed by atoms with Crippen molar-refractivity contribution in [1.82, 2.24) is 9.88 Å². The molecule has 1 N–H and O–H groups in total. The molecule has 6 nitrogen and oxygen atoms in total. The monoisotopic (exact) mass is 340 g/mol. The average Bonchev–Trinajstić information content (AvgIpc) is 2.68. The summed E-state index contributed by atoms with van der Waals surface area (Å²) < 4.78 is 5.11. The van der Waals surface area contributed by atoms with Crippen LogP contribution in [0.15, 0.2) is 48.8 Å². The summed E-state index contributed by atoms with van der Waals surface area (Å²) in [5.41, 5.74) is 1.31. The molecule has 130 valence electrons. The number of nitrogens with one attached hydrogen (secondary N) is 1. The first-order chi connectivity index (χ1) is 12.2. The third-order valence-corrected chi connectivity index (χ3v) is 4.49. The molecule has 1 amide bonds. The SMILES string of the molecule is COc1ccc(C(=O)C[NH+]2CCN(C(=O)c3cccnc3)CC2)cc1. The fourth-order valence-corrected chi connectivity index (χ4v) is 2.98. The Morgan fingerprint density at radius 2 is 1.84 bits per heavy atom. The Labute approximate surface area is 147 Å². The number of aromatic nitrogens is 1. The molecule has 1 aliphatic rings. The van der Waals surface area contributed by atoms with E-state index in [1.54, 1.807) is 55.9 Å². The maximum atomic E-state index is 12.4. The number of Topliss-reactive ketones (excluding diaryl/α,β-unsaturated/α-hetero) is 1. The van der Waals surface area contributed by atoms with Crippen molar-refractivity contribution in [1.29, 1.82) is 0 Å². The van der Waals surface area contributed by atoms with Crippen molar-refractivity contribution in [3.05, 3.63) is 59.9 Å². The predicted octanol–water partition coefficient (Wildman–Crippen LogP) is 0.314. The highest BCUT2D eigenvalue weighted by molar-refractivity contribution is 5.97. The fraction of sp³-hybridized carbons (Fsp3) is 0.316. The number of hydrogen-bond donors (Lipinski definition) is 1. The zero-order chi connectivity index (χ0) is 17.6. The van der Waals surface area contributed by atoms with Crippen molar-refractivity contribution in [3.63, 3.8) is 0 Å². The molecule has 0 aliphatic carbocycles. The molecule has 0 radical (unpaired) electrons. The Balaban J connectivity index is 1.52. The van der Waals surface area contributed by atoms with Gasteiger partial charge >= 0.3 is 0 Å². The maximum absolute atomic E-state index is 12.4. The topological polar surface area (TPSA) is 63.9 Å². The van der Waals surface area contributed by atoms with Crippen LogP contribution < -0.4 is 9.64 Å². The van der Waals surface area contributed by atoms with Gasteiger partial charge in [0.05, 0.1) is 38.9 Å². The van der Waals surface area contributed by atoms with E-state index >= 15 is 0 Å². The first-order valence-corrected chi connectivity index (χ1v) is 8.37. The largest absolute Gasteiger partial charge is 0.497 e. The molecule has 0 spiro atoms. The lowest BCUT2D eigenvalue weighted by Gasteiger charge is -2.31. The Bertz CT molecular complexity index is 723. The zero-order valence-corrected chi connectivity index (χ0v) is 14.3. The average molecular weight is 340 g/mol. The van der Waals surface area contributed by atoms with Gasteiger partial charge in [0.2, 0.25) is 5.78 Å². The molecule has 1 saturated heterocycles. The van der Waals surface area contributed by atoms with Crippen LogP contribution in [0.3, 0.4) is 0 Å². The van der Waals surface area contributed by atoms with Crippen LogP contribution in [0.1, 0.15) is 20.7 Å². The second-order valence-corrected chi connectivity index (χ2v) is 6.11. The Morgan fingerprint density at radius 3 is 2.44 bits per heavy atom. The van der Waals surface area contributed by atoms with Crippen LogP contribution in [0.5, 0.6) is 5.75 Å². The highest BCUT2D eigenvalue weighted by Crippen LogP contribution is 2.11. The number of nitrogens with zero attached hydrogens (tertiary/aromatic N) is 2. The van der Waals surface area contributed by atoms with Crippen molar-refractivity contribution in [2.24, 2.45) is 0 Å². The molecular weight excluding hydrogens is 318 g/mol. The summed E-state index contributed by atoms with van der Waals surface area (Å²) >= 11 is 0. The molecule has 1 aliphatic heterocycles. The number of carbonyl (C=O) groups excluding carboxylic acids is 2. The number of ether oxygens (including phenoxy) is 1. The second-order valence-electron chi connectivity index (χ2n) is 6.11. The standard InChI is InChI=1S/C19H21N3O3/c1-25-17-6-4-15(5-7-17)18(23)14-21-9-11-22(12-10-21)19(24)16-3-2-8-20-13-16/h2-8,13H,9-12,14H2,1H3/p+1. The molecule has 1 aromatic heterocycles. The Kier molecular flexibility index (Phi) is 5.40. The summed E-state index contributed by atoms with van der Waals surface area (Å²) in [7, 11) is 1.60. The molecule has 0 bridgehead atoms. The van der Waals surface area contributed by atoms with Gasteiger partial charge in [-0.05, 0) is 36.4 Å². The Hall–Kier alpha value is -2.73. The lowest BCUT2D eigenvalue weighted by molar-refractivity contribution is -0.895. The third kappa shape index (κ3) is 4.22. The third-order valence-electron chi connectivity index (χ3n) is 4.49. The van der Waals surface area contributed by atoms with Crippen LogP contribution in [0, 0.1) is 0 Å². The second kappa shape index (κ2) is 7.90. The van der Waals surface area contributed by atoms with Crippen molar-refractivity contribution in [2.75, 3.05) is 39.8 Å². The van der Waals surface area contributed by atoms with E-state index < -0.39 is 0 Å². The molecule has 2 aromatic rings.